The molecule has 110 valence electrons. The summed E-state index contributed by atoms with van der Waals surface area (Å²) in [5.74, 6) is -0.415. The second-order valence-electron chi connectivity index (χ2n) is 4.59. The van der Waals surface area contributed by atoms with Gasteiger partial charge in [0.2, 0.25) is 0 Å². The third-order valence-corrected chi connectivity index (χ3v) is 4.04. The Morgan fingerprint density at radius 1 is 1.24 bits per heavy atom. The molecule has 0 aliphatic rings. The van der Waals surface area contributed by atoms with Crippen molar-refractivity contribution in [3.63, 3.8) is 0 Å². The molecule has 0 fully saturated rings. The van der Waals surface area contributed by atoms with Gasteiger partial charge in [-0.3, -0.25) is 14.9 Å². The van der Waals surface area contributed by atoms with Gasteiger partial charge in [-0.05, 0) is 31.2 Å². The van der Waals surface area contributed by atoms with Gasteiger partial charge in [0.25, 0.3) is 11.8 Å². The minimum atomic E-state index is -0.288. The Morgan fingerprint density at radius 3 is 2.43 bits per heavy atom. The van der Waals surface area contributed by atoms with Gasteiger partial charge in [0.05, 0.1) is 5.69 Å². The maximum absolute atomic E-state index is 12.1. The summed E-state index contributed by atoms with van der Waals surface area (Å²) in [7, 11) is 3.35. The second kappa shape index (κ2) is 6.24. The number of hydrogen-bond acceptors (Lipinski definition) is 4. The summed E-state index contributed by atoms with van der Waals surface area (Å²) in [5.41, 5.74) is 1.08. The molecule has 5 nitrogen and oxygen atoms in total. The van der Waals surface area contributed by atoms with E-state index < -0.39 is 0 Å². The Hall–Kier alpha value is -1.92. The molecule has 1 aromatic carbocycles. The maximum Gasteiger partial charge on any atom is 0.265 e. The number of rotatable bonds is 3. The highest BCUT2D eigenvalue weighted by molar-refractivity contribution is 7.17. The minimum absolute atomic E-state index is 0.128. The van der Waals surface area contributed by atoms with Gasteiger partial charge < -0.3 is 4.90 Å². The Labute approximate surface area is 131 Å². The first-order valence-electron chi connectivity index (χ1n) is 6.14. The number of amides is 2. The lowest BCUT2D eigenvalue weighted by Gasteiger charge is -2.07. The molecule has 0 aliphatic heterocycles. The van der Waals surface area contributed by atoms with Crippen LogP contribution in [0.1, 0.15) is 25.7 Å². The number of anilines is 1. The summed E-state index contributed by atoms with van der Waals surface area (Å²) in [4.78, 5) is 30.2. The number of nitrogens with zero attached hydrogens (tertiary/aromatic N) is 2. The monoisotopic (exact) mass is 323 g/mol. The molecule has 0 radical (unpaired) electrons. The summed E-state index contributed by atoms with van der Waals surface area (Å²) in [6, 6.07) is 6.54. The average Bonchev–Trinajstić information content (AvgIpc) is 2.79. The topological polar surface area (TPSA) is 62.3 Å². The number of aromatic nitrogens is 1. The van der Waals surface area contributed by atoms with E-state index in [-0.39, 0.29) is 11.8 Å². The van der Waals surface area contributed by atoms with Crippen LogP contribution in [-0.2, 0) is 0 Å². The highest BCUT2D eigenvalue weighted by atomic mass is 35.5. The van der Waals surface area contributed by atoms with Gasteiger partial charge in [-0.25, -0.2) is 4.98 Å². The molecule has 2 amide bonds. The van der Waals surface area contributed by atoms with Crippen LogP contribution >= 0.6 is 22.9 Å². The van der Waals surface area contributed by atoms with Crippen molar-refractivity contribution < 1.29 is 9.59 Å². The molecular formula is C14H14ClN3O2S. The van der Waals surface area contributed by atoms with E-state index in [1.807, 2.05) is 0 Å². The van der Waals surface area contributed by atoms with E-state index >= 15 is 0 Å². The number of halogens is 1. The van der Waals surface area contributed by atoms with Crippen molar-refractivity contribution in [2.75, 3.05) is 19.4 Å². The molecule has 0 saturated heterocycles. The van der Waals surface area contributed by atoms with Crippen LogP contribution in [0, 0.1) is 6.92 Å². The van der Waals surface area contributed by atoms with Crippen molar-refractivity contribution in [1.82, 2.24) is 9.88 Å². The molecule has 2 rings (SSSR count). The van der Waals surface area contributed by atoms with Crippen LogP contribution in [-0.4, -0.2) is 35.8 Å². The van der Waals surface area contributed by atoms with E-state index in [0.29, 0.717) is 26.3 Å². The fourth-order valence-corrected chi connectivity index (χ4v) is 2.73. The molecule has 0 bridgehead atoms. The number of nitrogens with one attached hydrogen (secondary N) is 1. The summed E-state index contributed by atoms with van der Waals surface area (Å²) in [6.07, 6.45) is 0. The van der Waals surface area contributed by atoms with Crippen molar-refractivity contribution in [1.29, 1.82) is 0 Å². The van der Waals surface area contributed by atoms with Crippen molar-refractivity contribution in [3.8, 4) is 0 Å². The van der Waals surface area contributed by atoms with Crippen LogP contribution in [0.15, 0.2) is 24.3 Å². The molecule has 21 heavy (non-hydrogen) atoms. The number of carbonyl (C=O) groups is 2. The minimum Gasteiger partial charge on any atom is -0.344 e. The van der Waals surface area contributed by atoms with Crippen LogP contribution < -0.4 is 5.32 Å². The van der Waals surface area contributed by atoms with Crippen LogP contribution in [0.25, 0.3) is 0 Å². The molecular weight excluding hydrogens is 310 g/mol. The molecule has 1 N–H and O–H groups in total. The molecule has 7 heteroatoms. The third-order valence-electron chi connectivity index (χ3n) is 2.72. The zero-order valence-corrected chi connectivity index (χ0v) is 13.4. The van der Waals surface area contributed by atoms with Gasteiger partial charge in [0.15, 0.2) is 5.13 Å². The van der Waals surface area contributed by atoms with Gasteiger partial charge in [-0.2, -0.15) is 0 Å². The molecule has 0 aliphatic carbocycles. The summed E-state index contributed by atoms with van der Waals surface area (Å²) < 4.78 is 0. The van der Waals surface area contributed by atoms with Gasteiger partial charge in [0.1, 0.15) is 4.88 Å². The maximum atomic E-state index is 12.1. The van der Waals surface area contributed by atoms with E-state index in [1.165, 1.54) is 4.90 Å². The van der Waals surface area contributed by atoms with Gasteiger partial charge in [0, 0.05) is 24.7 Å². The van der Waals surface area contributed by atoms with Gasteiger partial charge in [-0.15, -0.1) is 0 Å². The first-order chi connectivity index (χ1) is 9.88. The van der Waals surface area contributed by atoms with Crippen molar-refractivity contribution in [3.05, 3.63) is 45.4 Å². The lowest BCUT2D eigenvalue weighted by atomic mass is 10.2. The molecule has 1 aromatic heterocycles. The largest absolute Gasteiger partial charge is 0.344 e. The Bertz CT molecular complexity index is 680. The quantitative estimate of drug-likeness (QED) is 0.944. The molecule has 0 saturated carbocycles. The summed E-state index contributed by atoms with van der Waals surface area (Å²) >= 11 is 6.94. The molecule has 1 heterocycles. The number of hydrogen-bond donors (Lipinski definition) is 1. The Kier molecular flexibility index (Phi) is 4.59. The lowest BCUT2D eigenvalue weighted by Crippen LogP contribution is -2.21. The Balaban J connectivity index is 2.17. The molecule has 0 spiro atoms. The van der Waals surface area contributed by atoms with Crippen molar-refractivity contribution >= 4 is 39.9 Å². The fourth-order valence-electron chi connectivity index (χ4n) is 1.62. The molecule has 2 aromatic rings. The van der Waals surface area contributed by atoms with Gasteiger partial charge >= 0.3 is 0 Å². The first-order valence-corrected chi connectivity index (χ1v) is 7.34. The third kappa shape index (κ3) is 3.59. The second-order valence-corrected chi connectivity index (χ2v) is 6.03. The number of thiazole rings is 1. The first kappa shape index (κ1) is 15.5. The van der Waals surface area contributed by atoms with E-state index in [0.717, 1.165) is 11.3 Å². The number of aryl methyl sites for hydroxylation is 1. The summed E-state index contributed by atoms with van der Waals surface area (Å²) in [5, 5.41) is 3.65. The van der Waals surface area contributed by atoms with E-state index in [1.54, 1.807) is 45.3 Å². The zero-order chi connectivity index (χ0) is 15.6. The molecule has 0 unspecified atom stereocenters. The van der Waals surface area contributed by atoms with E-state index in [2.05, 4.69) is 10.3 Å². The highest BCUT2D eigenvalue weighted by Gasteiger charge is 2.18. The van der Waals surface area contributed by atoms with Crippen molar-refractivity contribution in [2.45, 2.75) is 6.92 Å². The highest BCUT2D eigenvalue weighted by Crippen LogP contribution is 2.24. The average molecular weight is 324 g/mol. The zero-order valence-electron chi connectivity index (χ0n) is 11.8. The van der Waals surface area contributed by atoms with E-state index in [9.17, 15) is 9.59 Å². The van der Waals surface area contributed by atoms with Crippen LogP contribution in [0.4, 0.5) is 5.13 Å². The standard InChI is InChI=1S/C14H14ClN3O2S/c1-8-11(13(20)18(2)3)21-14(16-8)17-12(19)9-4-6-10(15)7-5-9/h4-7H,1-3H3,(H,16,17,19). The van der Waals surface area contributed by atoms with Crippen LogP contribution in [0.5, 0.6) is 0 Å². The molecule has 0 atom stereocenters. The fraction of sp³-hybridized carbons (Fsp3) is 0.214. The summed E-state index contributed by atoms with van der Waals surface area (Å²) in [6.45, 7) is 1.74. The van der Waals surface area contributed by atoms with Gasteiger partial charge in [-0.1, -0.05) is 22.9 Å². The SMILES string of the molecule is Cc1nc(NC(=O)c2ccc(Cl)cc2)sc1C(=O)N(C)C. The normalized spacial score (nSPS) is 10.3. The smallest absolute Gasteiger partial charge is 0.265 e. The van der Waals surface area contributed by atoms with Crippen molar-refractivity contribution in [2.24, 2.45) is 0 Å². The number of carbonyl (C=O) groups excluding carboxylic acids is 2. The predicted molar refractivity (Wildman–Crippen MR) is 84.3 cm³/mol. The number of benzene rings is 1. The van der Waals surface area contributed by atoms with E-state index in [4.69, 9.17) is 11.6 Å². The van der Waals surface area contributed by atoms with Crippen LogP contribution in [0.2, 0.25) is 5.02 Å². The predicted octanol–water partition coefficient (Wildman–Crippen LogP) is 3.06. The Morgan fingerprint density at radius 2 is 1.86 bits per heavy atom. The van der Waals surface area contributed by atoms with Crippen LogP contribution in [0.3, 0.4) is 0 Å². The lowest BCUT2D eigenvalue weighted by molar-refractivity contribution is 0.0831.